The first-order valence-electron chi connectivity index (χ1n) is 6.02. The maximum absolute atomic E-state index is 13.6. The van der Waals surface area contributed by atoms with Gasteiger partial charge in [-0.1, -0.05) is 6.07 Å². The summed E-state index contributed by atoms with van der Waals surface area (Å²) in [7, 11) is -4.15. The standard InChI is InChI=1S/C12H15F2NO3S/c13-10-2-1-3-11(14)12(10)19(17,18)15-6-4-9(8-15)5-7-16/h1-3,9,16H,4-8H2. The van der Waals surface area contributed by atoms with Crippen molar-refractivity contribution in [1.29, 1.82) is 0 Å². The van der Waals surface area contributed by atoms with Gasteiger partial charge in [0.1, 0.15) is 11.6 Å². The Morgan fingerprint density at radius 2 is 1.95 bits per heavy atom. The van der Waals surface area contributed by atoms with E-state index in [0.29, 0.717) is 12.8 Å². The number of aliphatic hydroxyl groups is 1. The minimum Gasteiger partial charge on any atom is -0.396 e. The van der Waals surface area contributed by atoms with Gasteiger partial charge in [0.2, 0.25) is 10.0 Å². The average molecular weight is 291 g/mol. The molecule has 1 atom stereocenters. The highest BCUT2D eigenvalue weighted by Gasteiger charge is 2.35. The van der Waals surface area contributed by atoms with Crippen LogP contribution in [0.2, 0.25) is 0 Å². The highest BCUT2D eigenvalue weighted by Crippen LogP contribution is 2.28. The second-order valence-electron chi connectivity index (χ2n) is 4.58. The molecule has 1 aliphatic heterocycles. The van der Waals surface area contributed by atoms with Crippen LogP contribution in [0.4, 0.5) is 8.78 Å². The molecule has 4 nitrogen and oxygen atoms in total. The van der Waals surface area contributed by atoms with Gasteiger partial charge >= 0.3 is 0 Å². The van der Waals surface area contributed by atoms with Crippen LogP contribution in [-0.2, 0) is 10.0 Å². The molecule has 0 spiro atoms. The van der Waals surface area contributed by atoms with Crippen LogP contribution < -0.4 is 0 Å². The van der Waals surface area contributed by atoms with Crippen LogP contribution in [0.3, 0.4) is 0 Å². The maximum Gasteiger partial charge on any atom is 0.248 e. The molecule has 1 heterocycles. The van der Waals surface area contributed by atoms with Crippen molar-refractivity contribution in [3.8, 4) is 0 Å². The Hall–Kier alpha value is -1.05. The Bertz CT molecular complexity index is 542. The zero-order chi connectivity index (χ0) is 14.0. The first-order valence-corrected chi connectivity index (χ1v) is 7.46. The fourth-order valence-corrected chi connectivity index (χ4v) is 3.93. The predicted molar refractivity (Wildman–Crippen MR) is 64.9 cm³/mol. The topological polar surface area (TPSA) is 57.6 Å². The van der Waals surface area contributed by atoms with E-state index in [1.54, 1.807) is 0 Å². The number of hydrogen-bond acceptors (Lipinski definition) is 3. The van der Waals surface area contributed by atoms with Gasteiger partial charge in [0.25, 0.3) is 0 Å². The molecule has 0 aromatic heterocycles. The fourth-order valence-electron chi connectivity index (χ4n) is 2.29. The summed E-state index contributed by atoms with van der Waals surface area (Å²) in [6, 6.07) is 2.98. The van der Waals surface area contributed by atoms with E-state index in [9.17, 15) is 17.2 Å². The molecular weight excluding hydrogens is 276 g/mol. The Morgan fingerprint density at radius 3 is 2.53 bits per heavy atom. The summed E-state index contributed by atoms with van der Waals surface area (Å²) in [4.78, 5) is -0.889. The Balaban J connectivity index is 2.29. The third-order valence-corrected chi connectivity index (χ3v) is 5.22. The molecule has 0 saturated carbocycles. The normalized spacial score (nSPS) is 20.9. The SMILES string of the molecule is O=S(=O)(c1c(F)cccc1F)N1CCC(CCO)C1. The second-order valence-corrected chi connectivity index (χ2v) is 6.46. The minimum atomic E-state index is -4.15. The van der Waals surface area contributed by atoms with Crippen molar-refractivity contribution in [3.63, 3.8) is 0 Å². The summed E-state index contributed by atoms with van der Waals surface area (Å²) in [6.07, 6.45) is 1.08. The molecule has 0 amide bonds. The number of benzene rings is 1. The van der Waals surface area contributed by atoms with E-state index < -0.39 is 26.6 Å². The summed E-state index contributed by atoms with van der Waals surface area (Å²) in [5.74, 6) is -2.12. The van der Waals surface area contributed by atoms with Gasteiger partial charge in [-0.25, -0.2) is 17.2 Å². The number of rotatable bonds is 4. The molecule has 1 aromatic carbocycles. The van der Waals surface area contributed by atoms with Gasteiger partial charge in [0.15, 0.2) is 4.90 Å². The Labute approximate surface area is 110 Å². The zero-order valence-corrected chi connectivity index (χ0v) is 11.0. The molecule has 1 aromatic rings. The molecule has 0 radical (unpaired) electrons. The second kappa shape index (κ2) is 5.52. The van der Waals surface area contributed by atoms with Crippen molar-refractivity contribution < 1.29 is 22.3 Å². The number of halogens is 2. The van der Waals surface area contributed by atoms with Crippen LogP contribution in [0.25, 0.3) is 0 Å². The quantitative estimate of drug-likeness (QED) is 0.911. The predicted octanol–water partition coefficient (Wildman–Crippen LogP) is 1.36. The molecule has 1 aliphatic rings. The van der Waals surface area contributed by atoms with Gasteiger partial charge in [-0.05, 0) is 30.9 Å². The fraction of sp³-hybridized carbons (Fsp3) is 0.500. The summed E-state index contributed by atoms with van der Waals surface area (Å²) >= 11 is 0. The van der Waals surface area contributed by atoms with E-state index in [2.05, 4.69) is 0 Å². The molecule has 1 unspecified atom stereocenters. The lowest BCUT2D eigenvalue weighted by Gasteiger charge is -2.17. The first kappa shape index (κ1) is 14.4. The van der Waals surface area contributed by atoms with Gasteiger partial charge in [-0.3, -0.25) is 0 Å². The van der Waals surface area contributed by atoms with Crippen LogP contribution in [0.1, 0.15) is 12.8 Å². The van der Waals surface area contributed by atoms with E-state index in [-0.39, 0.29) is 25.6 Å². The van der Waals surface area contributed by atoms with E-state index in [4.69, 9.17) is 5.11 Å². The van der Waals surface area contributed by atoms with E-state index in [1.165, 1.54) is 0 Å². The molecule has 19 heavy (non-hydrogen) atoms. The molecule has 2 rings (SSSR count). The monoisotopic (exact) mass is 291 g/mol. The van der Waals surface area contributed by atoms with Gasteiger partial charge in [-0.2, -0.15) is 4.31 Å². The van der Waals surface area contributed by atoms with Gasteiger partial charge < -0.3 is 5.11 Å². The highest BCUT2D eigenvalue weighted by molar-refractivity contribution is 7.89. The molecule has 1 N–H and O–H groups in total. The summed E-state index contributed by atoms with van der Waals surface area (Å²) in [6.45, 7) is 0.393. The van der Waals surface area contributed by atoms with Crippen molar-refractivity contribution in [2.75, 3.05) is 19.7 Å². The molecular formula is C12H15F2NO3S. The van der Waals surface area contributed by atoms with E-state index in [1.807, 2.05) is 0 Å². The number of hydrogen-bond donors (Lipinski definition) is 1. The van der Waals surface area contributed by atoms with E-state index >= 15 is 0 Å². The minimum absolute atomic E-state index is 0.0212. The van der Waals surface area contributed by atoms with Crippen LogP contribution in [-0.4, -0.2) is 37.5 Å². The largest absolute Gasteiger partial charge is 0.396 e. The smallest absolute Gasteiger partial charge is 0.248 e. The Kier molecular flexibility index (Phi) is 4.17. The third kappa shape index (κ3) is 2.77. The highest BCUT2D eigenvalue weighted by atomic mass is 32.2. The summed E-state index contributed by atoms with van der Waals surface area (Å²) in [5.41, 5.74) is 0. The van der Waals surface area contributed by atoms with Gasteiger partial charge in [0, 0.05) is 19.7 Å². The van der Waals surface area contributed by atoms with Gasteiger partial charge in [0.05, 0.1) is 0 Å². The van der Waals surface area contributed by atoms with Crippen molar-refractivity contribution in [2.24, 2.45) is 5.92 Å². The lowest BCUT2D eigenvalue weighted by Crippen LogP contribution is -2.30. The van der Waals surface area contributed by atoms with Crippen LogP contribution in [0.5, 0.6) is 0 Å². The lowest BCUT2D eigenvalue weighted by atomic mass is 10.1. The van der Waals surface area contributed by atoms with Gasteiger partial charge in [-0.15, -0.1) is 0 Å². The lowest BCUT2D eigenvalue weighted by molar-refractivity contribution is 0.259. The molecule has 0 aliphatic carbocycles. The van der Waals surface area contributed by atoms with Crippen molar-refractivity contribution in [3.05, 3.63) is 29.8 Å². The summed E-state index contributed by atoms with van der Waals surface area (Å²) < 4.78 is 52.6. The van der Waals surface area contributed by atoms with Crippen molar-refractivity contribution in [1.82, 2.24) is 4.31 Å². The van der Waals surface area contributed by atoms with Crippen LogP contribution >= 0.6 is 0 Å². The van der Waals surface area contributed by atoms with Crippen molar-refractivity contribution in [2.45, 2.75) is 17.7 Å². The maximum atomic E-state index is 13.6. The molecule has 1 saturated heterocycles. The third-order valence-electron chi connectivity index (χ3n) is 3.30. The first-order chi connectivity index (χ1) is 8.96. The number of nitrogens with zero attached hydrogens (tertiary/aromatic N) is 1. The Morgan fingerprint density at radius 1 is 1.32 bits per heavy atom. The molecule has 1 fully saturated rings. The van der Waals surface area contributed by atoms with E-state index in [0.717, 1.165) is 22.5 Å². The molecule has 7 heteroatoms. The van der Waals surface area contributed by atoms with Crippen LogP contribution in [0.15, 0.2) is 23.1 Å². The average Bonchev–Trinajstić information content (AvgIpc) is 2.78. The van der Waals surface area contributed by atoms with Crippen LogP contribution in [0, 0.1) is 17.6 Å². The number of sulfonamides is 1. The number of aliphatic hydroxyl groups excluding tert-OH is 1. The molecule has 106 valence electrons. The summed E-state index contributed by atoms with van der Waals surface area (Å²) in [5, 5.41) is 8.83. The van der Waals surface area contributed by atoms with Crippen molar-refractivity contribution >= 4 is 10.0 Å². The zero-order valence-electron chi connectivity index (χ0n) is 10.2. The molecule has 0 bridgehead atoms.